The number of nitrogens with one attached hydrogen (secondary N) is 1. The summed E-state index contributed by atoms with van der Waals surface area (Å²) in [5.74, 6) is 0.679. The largest absolute Gasteiger partial charge is 0.488 e. The molecule has 20 heavy (non-hydrogen) atoms. The topological polar surface area (TPSA) is 30.5 Å². The molecule has 0 bridgehead atoms. The first kappa shape index (κ1) is 17.8. The third-order valence-electron chi connectivity index (χ3n) is 2.97. The van der Waals surface area contributed by atoms with Crippen molar-refractivity contribution in [2.45, 2.75) is 33.2 Å². The van der Waals surface area contributed by atoms with E-state index in [4.69, 9.17) is 21.1 Å². The van der Waals surface area contributed by atoms with E-state index in [-0.39, 0.29) is 0 Å². The second-order valence-electron chi connectivity index (χ2n) is 4.78. The number of hydrogen-bond acceptors (Lipinski definition) is 3. The molecule has 1 aromatic rings. The molecule has 1 atom stereocenters. The summed E-state index contributed by atoms with van der Waals surface area (Å²) in [4.78, 5) is 0. The summed E-state index contributed by atoms with van der Waals surface area (Å²) >= 11 is 9.60. The molecule has 0 saturated heterocycles. The molecule has 1 N–H and O–H groups in total. The summed E-state index contributed by atoms with van der Waals surface area (Å²) in [6.45, 7) is 8.92. The van der Waals surface area contributed by atoms with Crippen molar-refractivity contribution in [3.63, 3.8) is 0 Å². The molecular formula is C15H23BrClNO2. The lowest BCUT2D eigenvalue weighted by atomic mass is 10.2. The van der Waals surface area contributed by atoms with Gasteiger partial charge in [0.2, 0.25) is 0 Å². The third-order valence-corrected chi connectivity index (χ3v) is 3.84. The fraction of sp³-hybridized carbons (Fsp3) is 0.600. The van der Waals surface area contributed by atoms with Gasteiger partial charge in [0, 0.05) is 12.6 Å². The lowest BCUT2D eigenvalue weighted by molar-refractivity contribution is 0.100. The van der Waals surface area contributed by atoms with E-state index < -0.39 is 0 Å². The van der Waals surface area contributed by atoms with Crippen molar-refractivity contribution in [1.29, 1.82) is 0 Å². The van der Waals surface area contributed by atoms with Crippen LogP contribution in [0.15, 0.2) is 16.6 Å². The van der Waals surface area contributed by atoms with Gasteiger partial charge in [-0.3, -0.25) is 0 Å². The van der Waals surface area contributed by atoms with Crippen molar-refractivity contribution in [2.75, 3.05) is 26.4 Å². The molecule has 5 heteroatoms. The van der Waals surface area contributed by atoms with Crippen LogP contribution in [0.1, 0.15) is 25.8 Å². The van der Waals surface area contributed by atoms with Crippen LogP contribution in [0.5, 0.6) is 5.75 Å². The molecule has 114 valence electrons. The molecule has 0 spiro atoms. The molecule has 0 unspecified atom stereocenters. The van der Waals surface area contributed by atoms with Crippen LogP contribution in [0.4, 0.5) is 0 Å². The van der Waals surface area contributed by atoms with E-state index in [0.29, 0.717) is 36.6 Å². The van der Waals surface area contributed by atoms with Gasteiger partial charge in [-0.05, 0) is 53.9 Å². The predicted molar refractivity (Wildman–Crippen MR) is 88.0 cm³/mol. The molecule has 1 aromatic carbocycles. The zero-order valence-corrected chi connectivity index (χ0v) is 14.7. The van der Waals surface area contributed by atoms with E-state index in [2.05, 4.69) is 35.1 Å². The van der Waals surface area contributed by atoms with Crippen molar-refractivity contribution >= 4 is 27.5 Å². The van der Waals surface area contributed by atoms with Crippen LogP contribution in [-0.2, 0) is 4.74 Å². The second kappa shape index (κ2) is 9.61. The van der Waals surface area contributed by atoms with Gasteiger partial charge in [-0.1, -0.05) is 18.5 Å². The summed E-state index contributed by atoms with van der Waals surface area (Å²) in [7, 11) is 0. The maximum absolute atomic E-state index is 6.14. The highest BCUT2D eigenvalue weighted by molar-refractivity contribution is 9.10. The van der Waals surface area contributed by atoms with Crippen LogP contribution in [-0.4, -0.2) is 32.4 Å². The molecule has 0 saturated carbocycles. The minimum absolute atomic E-state index is 0.491. The molecular weight excluding hydrogens is 342 g/mol. The van der Waals surface area contributed by atoms with E-state index in [9.17, 15) is 0 Å². The van der Waals surface area contributed by atoms with Crippen LogP contribution < -0.4 is 10.1 Å². The smallest absolute Gasteiger partial charge is 0.152 e. The predicted octanol–water partition coefficient (Wildman–Crippen LogP) is 4.19. The highest BCUT2D eigenvalue weighted by Crippen LogP contribution is 2.34. The van der Waals surface area contributed by atoms with E-state index in [0.717, 1.165) is 23.0 Å². The Kier molecular flexibility index (Phi) is 8.53. The van der Waals surface area contributed by atoms with E-state index in [1.54, 1.807) is 0 Å². The van der Waals surface area contributed by atoms with Crippen LogP contribution >= 0.6 is 27.5 Å². The van der Waals surface area contributed by atoms with Gasteiger partial charge in [-0.15, -0.1) is 0 Å². The van der Waals surface area contributed by atoms with Crippen LogP contribution in [0.2, 0.25) is 5.02 Å². The van der Waals surface area contributed by atoms with Crippen molar-refractivity contribution in [2.24, 2.45) is 0 Å². The van der Waals surface area contributed by atoms with Crippen molar-refractivity contribution in [3.05, 3.63) is 27.2 Å². The molecule has 0 aromatic heterocycles. The van der Waals surface area contributed by atoms with Crippen molar-refractivity contribution < 1.29 is 9.47 Å². The molecule has 0 aliphatic rings. The molecule has 0 amide bonds. The van der Waals surface area contributed by atoms with Crippen LogP contribution in [0, 0.1) is 6.92 Å². The molecule has 1 rings (SSSR count). The maximum Gasteiger partial charge on any atom is 0.152 e. The van der Waals surface area contributed by atoms with E-state index >= 15 is 0 Å². The Morgan fingerprint density at radius 3 is 2.70 bits per heavy atom. The Bertz CT molecular complexity index is 392. The summed E-state index contributed by atoms with van der Waals surface area (Å²) < 4.78 is 12.0. The maximum atomic E-state index is 6.14. The quantitative estimate of drug-likeness (QED) is 0.666. The molecule has 0 aliphatic heterocycles. The Labute approximate surface area is 135 Å². The van der Waals surface area contributed by atoms with Gasteiger partial charge in [0.25, 0.3) is 0 Å². The Balaban J connectivity index is 2.19. The number of halogens is 2. The average molecular weight is 365 g/mol. The standard InChI is InChI=1S/C15H23BrClNO2/c1-4-12(3)18-5-6-19-7-8-20-15-13(16)9-11(2)10-14(15)17/h9-10,12,18H,4-8H2,1-3H3/t12-/m1/s1. The molecule has 3 nitrogen and oxygen atoms in total. The number of ether oxygens (including phenoxy) is 2. The van der Waals surface area contributed by atoms with Crippen molar-refractivity contribution in [3.8, 4) is 5.75 Å². The lowest BCUT2D eigenvalue weighted by Gasteiger charge is -2.13. The minimum atomic E-state index is 0.491. The van der Waals surface area contributed by atoms with Crippen LogP contribution in [0.25, 0.3) is 0 Å². The highest BCUT2D eigenvalue weighted by Gasteiger charge is 2.07. The van der Waals surface area contributed by atoms with Gasteiger partial charge in [0.05, 0.1) is 22.7 Å². The molecule has 0 fully saturated rings. The first-order valence-corrected chi connectivity index (χ1v) is 8.11. The Morgan fingerprint density at radius 2 is 2.05 bits per heavy atom. The summed E-state index contributed by atoms with van der Waals surface area (Å²) in [5.41, 5.74) is 1.10. The molecule has 0 radical (unpaired) electrons. The number of aryl methyl sites for hydroxylation is 1. The minimum Gasteiger partial charge on any atom is -0.488 e. The van der Waals surface area contributed by atoms with E-state index in [1.807, 2.05) is 19.1 Å². The summed E-state index contributed by atoms with van der Waals surface area (Å²) in [5, 5.41) is 3.99. The second-order valence-corrected chi connectivity index (χ2v) is 6.04. The normalized spacial score (nSPS) is 12.4. The summed E-state index contributed by atoms with van der Waals surface area (Å²) in [6.07, 6.45) is 1.13. The molecule has 0 aliphatic carbocycles. The number of rotatable bonds is 9. The third kappa shape index (κ3) is 6.44. The first-order chi connectivity index (χ1) is 9.54. The Morgan fingerprint density at radius 1 is 1.30 bits per heavy atom. The number of benzene rings is 1. The fourth-order valence-electron chi connectivity index (χ4n) is 1.65. The Hall–Kier alpha value is -0.290. The summed E-state index contributed by atoms with van der Waals surface area (Å²) in [6, 6.07) is 4.41. The van der Waals surface area contributed by atoms with Crippen LogP contribution in [0.3, 0.4) is 0 Å². The molecule has 0 heterocycles. The van der Waals surface area contributed by atoms with Gasteiger partial charge in [0.15, 0.2) is 5.75 Å². The zero-order valence-electron chi connectivity index (χ0n) is 12.3. The van der Waals surface area contributed by atoms with E-state index in [1.165, 1.54) is 0 Å². The SMILES string of the molecule is CC[C@@H](C)NCCOCCOc1c(Cl)cc(C)cc1Br. The van der Waals surface area contributed by atoms with Gasteiger partial charge in [-0.2, -0.15) is 0 Å². The highest BCUT2D eigenvalue weighted by atomic mass is 79.9. The average Bonchev–Trinajstić information content (AvgIpc) is 2.39. The van der Waals surface area contributed by atoms with Crippen molar-refractivity contribution in [1.82, 2.24) is 5.32 Å². The van der Waals surface area contributed by atoms with Gasteiger partial charge in [-0.25, -0.2) is 0 Å². The van der Waals surface area contributed by atoms with Gasteiger partial charge in [0.1, 0.15) is 6.61 Å². The van der Waals surface area contributed by atoms with Gasteiger partial charge < -0.3 is 14.8 Å². The number of hydrogen-bond donors (Lipinski definition) is 1. The van der Waals surface area contributed by atoms with Gasteiger partial charge >= 0.3 is 0 Å². The monoisotopic (exact) mass is 363 g/mol. The fourth-order valence-corrected chi connectivity index (χ4v) is 2.78. The lowest BCUT2D eigenvalue weighted by Crippen LogP contribution is -2.29. The zero-order chi connectivity index (χ0) is 15.0. The first-order valence-electron chi connectivity index (χ1n) is 6.94.